The molecule has 1 saturated heterocycles. The van der Waals surface area contributed by atoms with Gasteiger partial charge in [0.25, 0.3) is 0 Å². The lowest BCUT2D eigenvalue weighted by atomic mass is 9.64. The lowest BCUT2D eigenvalue weighted by Crippen LogP contribution is -2.41. The molecule has 0 N–H and O–H groups in total. The van der Waals surface area contributed by atoms with Crippen LogP contribution in [0.4, 0.5) is 0 Å². The van der Waals surface area contributed by atoms with Gasteiger partial charge >= 0.3 is 0 Å². The van der Waals surface area contributed by atoms with Gasteiger partial charge in [0.15, 0.2) is 5.79 Å². The zero-order valence-corrected chi connectivity index (χ0v) is 18.4. The topological polar surface area (TPSA) is 21.7 Å². The molecule has 1 spiro atoms. The Morgan fingerprint density at radius 2 is 1.81 bits per heavy atom. The molecule has 3 heteroatoms. The van der Waals surface area contributed by atoms with Gasteiger partial charge in [0.1, 0.15) is 0 Å². The van der Waals surface area contributed by atoms with Gasteiger partial charge in [-0.15, -0.1) is 0 Å². The van der Waals surface area contributed by atoms with E-state index in [9.17, 15) is 0 Å². The number of hydrogen-bond donors (Lipinski definition) is 0. The number of hydrogen-bond acceptors (Lipinski definition) is 3. The van der Waals surface area contributed by atoms with Crippen molar-refractivity contribution in [3.05, 3.63) is 12.2 Å². The van der Waals surface area contributed by atoms with E-state index in [1.165, 1.54) is 18.4 Å². The fourth-order valence-corrected chi connectivity index (χ4v) is 4.47. The molecule has 2 fully saturated rings. The van der Waals surface area contributed by atoms with E-state index >= 15 is 0 Å². The van der Waals surface area contributed by atoms with Crippen molar-refractivity contribution in [1.29, 1.82) is 0 Å². The Labute approximate surface area is 162 Å². The average Bonchev–Trinajstić information content (AvgIpc) is 2.94. The maximum atomic E-state index is 6.48. The Hall–Kier alpha value is -0.380. The van der Waals surface area contributed by atoms with Gasteiger partial charge in [0.05, 0.1) is 12.7 Å². The predicted molar refractivity (Wildman–Crippen MR) is 110 cm³/mol. The molecule has 0 aromatic heterocycles. The minimum absolute atomic E-state index is 0.246. The molecule has 1 heterocycles. The molecule has 0 bridgehead atoms. The van der Waals surface area contributed by atoms with E-state index < -0.39 is 0 Å². The molecule has 152 valence electrons. The number of ether oxygens (including phenoxy) is 2. The maximum absolute atomic E-state index is 6.48. The minimum Gasteiger partial charge on any atom is -0.347 e. The standard InChI is InChI=1S/C23H43NO2/c1-17(2)15-24(19(5)6)14-11-21-16-25-23(26-21)12-9-20(10-13-23)22(7,8)18(3)4/h18-21H,1,9-16H2,2-8H3. The van der Waals surface area contributed by atoms with Crippen molar-refractivity contribution in [2.45, 2.75) is 98.5 Å². The van der Waals surface area contributed by atoms with Crippen LogP contribution in [0.25, 0.3) is 0 Å². The van der Waals surface area contributed by atoms with Crippen LogP contribution < -0.4 is 0 Å². The van der Waals surface area contributed by atoms with Gasteiger partial charge in [-0.25, -0.2) is 0 Å². The Kier molecular flexibility index (Phi) is 7.38. The Morgan fingerprint density at radius 1 is 1.19 bits per heavy atom. The lowest BCUT2D eigenvalue weighted by molar-refractivity contribution is -0.198. The Bertz CT molecular complexity index is 461. The molecule has 26 heavy (non-hydrogen) atoms. The molecule has 3 nitrogen and oxygen atoms in total. The summed E-state index contributed by atoms with van der Waals surface area (Å²) in [7, 11) is 0. The van der Waals surface area contributed by atoms with Gasteiger partial charge in [-0.1, -0.05) is 39.8 Å². The van der Waals surface area contributed by atoms with Crippen LogP contribution in [0.1, 0.15) is 80.6 Å². The van der Waals surface area contributed by atoms with E-state index in [-0.39, 0.29) is 11.9 Å². The first-order chi connectivity index (χ1) is 12.1. The second kappa shape index (κ2) is 8.75. The fourth-order valence-electron chi connectivity index (χ4n) is 4.47. The fraction of sp³-hybridized carbons (Fsp3) is 0.913. The van der Waals surface area contributed by atoms with Gasteiger partial charge < -0.3 is 9.47 Å². The van der Waals surface area contributed by atoms with E-state index in [1.807, 2.05) is 0 Å². The summed E-state index contributed by atoms with van der Waals surface area (Å²) in [5, 5.41) is 0. The van der Waals surface area contributed by atoms with Crippen LogP contribution in [0.5, 0.6) is 0 Å². The van der Waals surface area contributed by atoms with Crippen LogP contribution >= 0.6 is 0 Å². The molecule has 0 amide bonds. The van der Waals surface area contributed by atoms with Crippen molar-refractivity contribution in [2.24, 2.45) is 17.3 Å². The molecule has 2 aliphatic rings. The zero-order chi connectivity index (χ0) is 19.5. The molecule has 1 aliphatic carbocycles. The minimum atomic E-state index is -0.286. The van der Waals surface area contributed by atoms with Crippen molar-refractivity contribution in [3.63, 3.8) is 0 Å². The number of rotatable bonds is 8. The third-order valence-electron chi connectivity index (χ3n) is 7.14. The first-order valence-corrected chi connectivity index (χ1v) is 10.8. The monoisotopic (exact) mass is 365 g/mol. The van der Waals surface area contributed by atoms with Crippen LogP contribution in [-0.2, 0) is 9.47 Å². The Balaban J connectivity index is 1.82. The summed E-state index contributed by atoms with van der Waals surface area (Å²) in [5.41, 5.74) is 1.63. The van der Waals surface area contributed by atoms with Crippen molar-refractivity contribution in [3.8, 4) is 0 Å². The maximum Gasteiger partial charge on any atom is 0.168 e. The average molecular weight is 366 g/mol. The van der Waals surface area contributed by atoms with Gasteiger partial charge in [-0.3, -0.25) is 4.90 Å². The summed E-state index contributed by atoms with van der Waals surface area (Å²) in [5.74, 6) is 1.21. The highest BCUT2D eigenvalue weighted by Crippen LogP contribution is 2.48. The highest BCUT2D eigenvalue weighted by Gasteiger charge is 2.47. The molecule has 0 radical (unpaired) electrons. The SMILES string of the molecule is C=C(C)CN(CCC1COC2(CCC(C(C)(C)C(C)C)CC2)O1)C(C)C. The molecular formula is C23H43NO2. The molecule has 1 saturated carbocycles. The second-order valence-electron chi connectivity index (χ2n) is 10.0. The van der Waals surface area contributed by atoms with Crippen LogP contribution in [-0.4, -0.2) is 42.5 Å². The predicted octanol–water partition coefficient (Wildman–Crippen LogP) is 5.65. The third-order valence-corrected chi connectivity index (χ3v) is 7.14. The van der Waals surface area contributed by atoms with Gasteiger partial charge in [-0.2, -0.15) is 0 Å². The van der Waals surface area contributed by atoms with E-state index in [0.717, 1.165) is 50.8 Å². The highest BCUT2D eigenvalue weighted by molar-refractivity contribution is 4.94. The summed E-state index contributed by atoms with van der Waals surface area (Å²) in [6, 6.07) is 0.539. The summed E-state index contributed by atoms with van der Waals surface area (Å²) in [6.45, 7) is 23.1. The normalized spacial score (nSPS) is 30.1. The van der Waals surface area contributed by atoms with Crippen LogP contribution in [0.3, 0.4) is 0 Å². The quantitative estimate of drug-likeness (QED) is 0.519. The van der Waals surface area contributed by atoms with Crippen LogP contribution in [0.2, 0.25) is 0 Å². The smallest absolute Gasteiger partial charge is 0.168 e. The van der Waals surface area contributed by atoms with E-state index in [4.69, 9.17) is 9.47 Å². The van der Waals surface area contributed by atoms with Crippen LogP contribution in [0.15, 0.2) is 12.2 Å². The first kappa shape index (κ1) is 21.9. The second-order valence-corrected chi connectivity index (χ2v) is 10.0. The van der Waals surface area contributed by atoms with Crippen LogP contribution in [0, 0.1) is 17.3 Å². The largest absolute Gasteiger partial charge is 0.347 e. The molecular weight excluding hydrogens is 322 g/mol. The Morgan fingerprint density at radius 3 is 2.31 bits per heavy atom. The van der Waals surface area contributed by atoms with Gasteiger partial charge in [0.2, 0.25) is 0 Å². The highest BCUT2D eigenvalue weighted by atomic mass is 16.7. The summed E-state index contributed by atoms with van der Waals surface area (Å²) < 4.78 is 12.7. The first-order valence-electron chi connectivity index (χ1n) is 10.8. The third kappa shape index (κ3) is 5.33. The van der Waals surface area contributed by atoms with Crippen molar-refractivity contribution < 1.29 is 9.47 Å². The van der Waals surface area contributed by atoms with Gasteiger partial charge in [0, 0.05) is 32.0 Å². The molecule has 1 aliphatic heterocycles. The lowest BCUT2D eigenvalue weighted by Gasteiger charge is -2.44. The van der Waals surface area contributed by atoms with Gasteiger partial charge in [-0.05, 0) is 57.3 Å². The van der Waals surface area contributed by atoms with Crippen molar-refractivity contribution in [1.82, 2.24) is 4.90 Å². The molecule has 0 aromatic rings. The zero-order valence-electron chi connectivity index (χ0n) is 18.4. The van der Waals surface area contributed by atoms with E-state index in [0.29, 0.717) is 11.5 Å². The van der Waals surface area contributed by atoms with Crippen molar-refractivity contribution >= 4 is 0 Å². The molecule has 0 aromatic carbocycles. The molecule has 1 unspecified atom stereocenters. The summed E-state index contributed by atoms with van der Waals surface area (Å²) in [4.78, 5) is 2.48. The summed E-state index contributed by atoms with van der Waals surface area (Å²) >= 11 is 0. The van der Waals surface area contributed by atoms with E-state index in [1.54, 1.807) is 0 Å². The summed E-state index contributed by atoms with van der Waals surface area (Å²) in [6.07, 6.45) is 5.87. The molecule has 1 atom stereocenters. The van der Waals surface area contributed by atoms with Crippen molar-refractivity contribution in [2.75, 3.05) is 19.7 Å². The number of nitrogens with zero attached hydrogens (tertiary/aromatic N) is 1. The van der Waals surface area contributed by atoms with E-state index in [2.05, 4.69) is 59.9 Å². The molecule has 2 rings (SSSR count).